The molecule has 1 N–H and O–H groups in total. The van der Waals surface area contributed by atoms with Crippen LogP contribution in [-0.2, 0) is 9.47 Å². The molecule has 0 saturated carbocycles. The Bertz CT molecular complexity index is 362. The van der Waals surface area contributed by atoms with Gasteiger partial charge in [0.2, 0.25) is 0 Å². The Morgan fingerprint density at radius 1 is 1.39 bits per heavy atom. The van der Waals surface area contributed by atoms with E-state index in [2.05, 4.69) is 12.2 Å². The van der Waals surface area contributed by atoms with E-state index < -0.39 is 18.6 Å². The van der Waals surface area contributed by atoms with Gasteiger partial charge in [-0.1, -0.05) is 0 Å². The summed E-state index contributed by atoms with van der Waals surface area (Å²) in [6, 6.07) is 0.190. The maximum absolute atomic E-state index is 12.1. The van der Waals surface area contributed by atoms with Crippen LogP contribution in [0.25, 0.3) is 0 Å². The molecule has 7 heteroatoms. The van der Waals surface area contributed by atoms with E-state index in [9.17, 15) is 13.6 Å². The average molecular weight is 336 g/mol. The third kappa shape index (κ3) is 8.46. The second kappa shape index (κ2) is 9.37. The summed E-state index contributed by atoms with van der Waals surface area (Å²) in [7, 11) is 0. The highest BCUT2D eigenvalue weighted by molar-refractivity contribution is 5.68. The number of likely N-dealkylation sites (tertiary alicyclic amines) is 1. The first-order chi connectivity index (χ1) is 10.7. The van der Waals surface area contributed by atoms with E-state index in [4.69, 9.17) is 9.47 Å². The summed E-state index contributed by atoms with van der Waals surface area (Å²) in [5.41, 5.74) is -0.490. The summed E-state index contributed by atoms with van der Waals surface area (Å²) in [5, 5.41) is 3.29. The van der Waals surface area contributed by atoms with Gasteiger partial charge in [0.05, 0.1) is 6.61 Å². The van der Waals surface area contributed by atoms with Crippen molar-refractivity contribution in [1.29, 1.82) is 0 Å². The van der Waals surface area contributed by atoms with Gasteiger partial charge < -0.3 is 19.7 Å². The van der Waals surface area contributed by atoms with Gasteiger partial charge in [-0.15, -0.1) is 0 Å². The van der Waals surface area contributed by atoms with Gasteiger partial charge in [-0.2, -0.15) is 0 Å². The fraction of sp³-hybridized carbons (Fsp3) is 0.938. The molecule has 0 radical (unpaired) electrons. The predicted octanol–water partition coefficient (Wildman–Crippen LogP) is 2.89. The monoisotopic (exact) mass is 336 g/mol. The van der Waals surface area contributed by atoms with Crippen molar-refractivity contribution in [2.45, 2.75) is 58.6 Å². The number of alkyl halides is 2. The highest BCUT2D eigenvalue weighted by Crippen LogP contribution is 2.21. The van der Waals surface area contributed by atoms with Crippen LogP contribution in [0.3, 0.4) is 0 Å². The number of rotatable bonds is 7. The zero-order valence-corrected chi connectivity index (χ0v) is 14.6. The number of carbonyl (C=O) groups is 1. The van der Waals surface area contributed by atoms with Gasteiger partial charge in [-0.05, 0) is 46.5 Å². The van der Waals surface area contributed by atoms with Crippen molar-refractivity contribution in [3.63, 3.8) is 0 Å². The molecule has 1 saturated heterocycles. The van der Waals surface area contributed by atoms with Crippen LogP contribution in [0.1, 0.15) is 40.5 Å². The van der Waals surface area contributed by atoms with Crippen molar-refractivity contribution < 1.29 is 23.0 Å². The molecule has 5 nitrogen and oxygen atoms in total. The largest absolute Gasteiger partial charge is 0.444 e. The number of piperidine rings is 1. The van der Waals surface area contributed by atoms with Crippen molar-refractivity contribution in [1.82, 2.24) is 10.2 Å². The SMILES string of the molecule is CC(NCCOCC(F)F)C1CCCN(C(=O)OC(C)(C)C)C1. The lowest BCUT2D eigenvalue weighted by Crippen LogP contribution is -2.48. The second-order valence-electron chi connectivity index (χ2n) is 7.04. The normalized spacial score (nSPS) is 20.7. The second-order valence-corrected chi connectivity index (χ2v) is 7.04. The summed E-state index contributed by atoms with van der Waals surface area (Å²) in [6.45, 7) is 9.26. The van der Waals surface area contributed by atoms with Crippen LogP contribution in [0.4, 0.5) is 13.6 Å². The van der Waals surface area contributed by atoms with Crippen LogP contribution in [0.5, 0.6) is 0 Å². The molecule has 2 atom stereocenters. The first-order valence-electron chi connectivity index (χ1n) is 8.26. The standard InChI is InChI=1S/C16H30F2N2O3/c1-12(19-7-9-22-11-14(17)18)13-6-5-8-20(10-13)15(21)23-16(2,3)4/h12-14,19H,5-11H2,1-4H3. The molecule has 0 aromatic heterocycles. The zero-order valence-electron chi connectivity index (χ0n) is 14.6. The lowest BCUT2D eigenvalue weighted by atomic mass is 9.92. The van der Waals surface area contributed by atoms with Gasteiger partial charge in [0.25, 0.3) is 6.43 Å². The third-order valence-corrected chi connectivity index (χ3v) is 3.77. The molecule has 23 heavy (non-hydrogen) atoms. The topological polar surface area (TPSA) is 50.8 Å². The Morgan fingerprint density at radius 3 is 2.70 bits per heavy atom. The van der Waals surface area contributed by atoms with Crippen molar-refractivity contribution in [3.8, 4) is 0 Å². The summed E-state index contributed by atoms with van der Waals surface area (Å²) >= 11 is 0. The van der Waals surface area contributed by atoms with E-state index in [0.29, 0.717) is 19.0 Å². The van der Waals surface area contributed by atoms with E-state index in [-0.39, 0.29) is 18.7 Å². The molecule has 0 spiro atoms. The zero-order chi connectivity index (χ0) is 17.5. The Labute approximate surface area is 137 Å². The molecule has 1 aliphatic rings. The van der Waals surface area contributed by atoms with E-state index in [1.54, 1.807) is 4.90 Å². The number of ether oxygens (including phenoxy) is 2. The molecule has 0 aromatic rings. The number of hydrogen-bond donors (Lipinski definition) is 1. The molecule has 0 aliphatic carbocycles. The number of amides is 1. The smallest absolute Gasteiger partial charge is 0.410 e. The minimum Gasteiger partial charge on any atom is -0.444 e. The summed E-state index contributed by atoms with van der Waals surface area (Å²) in [5.74, 6) is 0.325. The highest BCUT2D eigenvalue weighted by atomic mass is 19.3. The quantitative estimate of drug-likeness (QED) is 0.726. The number of halogens is 2. The molecule has 0 aromatic carbocycles. The molecule has 136 valence electrons. The molecule has 2 unspecified atom stereocenters. The molecule has 0 bridgehead atoms. The number of nitrogens with zero attached hydrogens (tertiary/aromatic N) is 1. The van der Waals surface area contributed by atoms with Crippen molar-refractivity contribution in [2.75, 3.05) is 32.8 Å². The van der Waals surface area contributed by atoms with E-state index in [1.807, 2.05) is 20.8 Å². The average Bonchev–Trinajstić information content (AvgIpc) is 2.44. The molecule has 1 aliphatic heterocycles. The molecule has 1 rings (SSSR count). The van der Waals surface area contributed by atoms with Crippen LogP contribution in [0, 0.1) is 5.92 Å². The number of nitrogens with one attached hydrogen (secondary N) is 1. The fourth-order valence-electron chi connectivity index (χ4n) is 2.61. The van der Waals surface area contributed by atoms with Crippen molar-refractivity contribution in [2.24, 2.45) is 5.92 Å². The van der Waals surface area contributed by atoms with E-state index in [1.165, 1.54) is 0 Å². The molecular weight excluding hydrogens is 306 g/mol. The fourth-order valence-corrected chi connectivity index (χ4v) is 2.61. The van der Waals surface area contributed by atoms with Crippen LogP contribution in [0.2, 0.25) is 0 Å². The maximum Gasteiger partial charge on any atom is 0.410 e. The third-order valence-electron chi connectivity index (χ3n) is 3.77. The van der Waals surface area contributed by atoms with Crippen LogP contribution in [0.15, 0.2) is 0 Å². The molecular formula is C16H30F2N2O3. The van der Waals surface area contributed by atoms with Gasteiger partial charge in [0.1, 0.15) is 12.2 Å². The lowest BCUT2D eigenvalue weighted by molar-refractivity contribution is 0.0124. The Kier molecular flexibility index (Phi) is 8.19. The van der Waals surface area contributed by atoms with Crippen LogP contribution in [-0.4, -0.2) is 61.9 Å². The maximum atomic E-state index is 12.1. The summed E-state index contributed by atoms with van der Waals surface area (Å²) in [4.78, 5) is 13.9. The van der Waals surface area contributed by atoms with E-state index in [0.717, 1.165) is 19.4 Å². The van der Waals surface area contributed by atoms with Crippen LogP contribution >= 0.6 is 0 Å². The number of carbonyl (C=O) groups excluding carboxylic acids is 1. The predicted molar refractivity (Wildman–Crippen MR) is 84.8 cm³/mol. The molecule has 1 fully saturated rings. The Hall–Kier alpha value is -0.950. The van der Waals surface area contributed by atoms with Crippen molar-refractivity contribution >= 4 is 6.09 Å². The van der Waals surface area contributed by atoms with Crippen LogP contribution < -0.4 is 5.32 Å². The molecule has 1 heterocycles. The van der Waals surface area contributed by atoms with Gasteiger partial charge in [-0.3, -0.25) is 0 Å². The minimum absolute atomic E-state index is 0.190. The summed E-state index contributed by atoms with van der Waals surface area (Å²) in [6.07, 6.45) is -0.716. The Balaban J connectivity index is 2.32. The van der Waals surface area contributed by atoms with Gasteiger partial charge in [0, 0.05) is 25.7 Å². The van der Waals surface area contributed by atoms with E-state index >= 15 is 0 Å². The van der Waals surface area contributed by atoms with Gasteiger partial charge in [0.15, 0.2) is 0 Å². The first-order valence-corrected chi connectivity index (χ1v) is 8.26. The van der Waals surface area contributed by atoms with Crippen molar-refractivity contribution in [3.05, 3.63) is 0 Å². The lowest BCUT2D eigenvalue weighted by Gasteiger charge is -2.36. The molecule has 1 amide bonds. The Morgan fingerprint density at radius 2 is 2.09 bits per heavy atom. The highest BCUT2D eigenvalue weighted by Gasteiger charge is 2.29. The van der Waals surface area contributed by atoms with Gasteiger partial charge in [-0.25, -0.2) is 13.6 Å². The van der Waals surface area contributed by atoms with Gasteiger partial charge >= 0.3 is 6.09 Å². The minimum atomic E-state index is -2.42. The number of hydrogen-bond acceptors (Lipinski definition) is 4. The summed E-state index contributed by atoms with van der Waals surface area (Å²) < 4.78 is 34.2. The first kappa shape index (κ1) is 20.1.